The van der Waals surface area contributed by atoms with Crippen molar-refractivity contribution in [3.8, 4) is 0 Å². The first-order valence-corrected chi connectivity index (χ1v) is 16.6. The third-order valence-electron chi connectivity index (χ3n) is 2.63. The van der Waals surface area contributed by atoms with Gasteiger partial charge in [0.05, 0.1) is 13.2 Å². The first-order valence-electron chi connectivity index (χ1n) is 7.38. The fraction of sp³-hybridized carbons (Fsp3) is 0.857. The fourth-order valence-corrected chi connectivity index (χ4v) is 14.3. The summed E-state index contributed by atoms with van der Waals surface area (Å²) in [6.45, 7) is 24.9. The molecule has 120 valence electrons. The summed E-state index contributed by atoms with van der Waals surface area (Å²) >= 11 is 0. The molecule has 0 rings (SSSR count). The van der Waals surface area contributed by atoms with Crippen LogP contribution in [0, 0.1) is 0 Å². The van der Waals surface area contributed by atoms with E-state index >= 15 is 0 Å². The molecule has 0 heterocycles. The van der Waals surface area contributed by atoms with Gasteiger partial charge in [-0.2, -0.15) is 0 Å². The van der Waals surface area contributed by atoms with Gasteiger partial charge in [-0.05, 0) is 52.8 Å². The summed E-state index contributed by atoms with van der Waals surface area (Å²) in [5.41, 5.74) is 1.37. The molecule has 0 amide bonds. The van der Waals surface area contributed by atoms with E-state index in [9.17, 15) is 0 Å². The highest BCUT2D eigenvalue weighted by atomic mass is 28.5. The van der Waals surface area contributed by atoms with Crippen molar-refractivity contribution < 1.29 is 13.0 Å². The Morgan fingerprint density at radius 3 is 1.65 bits per heavy atom. The summed E-state index contributed by atoms with van der Waals surface area (Å²) < 4.78 is 18.8. The van der Waals surface area contributed by atoms with Gasteiger partial charge in [0.15, 0.2) is 16.6 Å². The van der Waals surface area contributed by atoms with Crippen LogP contribution in [0.15, 0.2) is 12.2 Å². The van der Waals surface area contributed by atoms with E-state index in [2.05, 4.69) is 59.3 Å². The van der Waals surface area contributed by atoms with Crippen LogP contribution in [0.3, 0.4) is 0 Å². The van der Waals surface area contributed by atoms with Gasteiger partial charge in [0.1, 0.15) is 0 Å². The van der Waals surface area contributed by atoms with Crippen LogP contribution in [0.2, 0.25) is 51.4 Å². The highest BCUT2D eigenvalue weighted by Crippen LogP contribution is 2.31. The van der Waals surface area contributed by atoms with Crippen molar-refractivity contribution in [1.29, 1.82) is 0 Å². The van der Waals surface area contributed by atoms with Gasteiger partial charge in [-0.25, -0.2) is 0 Å². The maximum atomic E-state index is 6.51. The molecule has 0 fully saturated rings. The van der Waals surface area contributed by atoms with E-state index in [1.165, 1.54) is 0 Å². The molecule has 1 atom stereocenters. The van der Waals surface area contributed by atoms with Gasteiger partial charge in [0.2, 0.25) is 0 Å². The lowest BCUT2D eigenvalue weighted by molar-refractivity contribution is 0.147. The summed E-state index contributed by atoms with van der Waals surface area (Å²) in [5, 5.41) is 0. The number of hydrogen-bond donors (Lipinski definition) is 0. The molecule has 0 saturated carbocycles. The number of hydrogen-bond acceptors (Lipinski definition) is 3. The minimum absolute atomic E-state index is 0.320. The minimum atomic E-state index is -2.23. The molecule has 0 spiro atoms. The third-order valence-corrected chi connectivity index (χ3v) is 12.7. The molecular weight excluding hydrogens is 300 g/mol. The zero-order chi connectivity index (χ0) is 16.2. The highest BCUT2D eigenvalue weighted by molar-refractivity contribution is 6.88. The van der Waals surface area contributed by atoms with Crippen molar-refractivity contribution in [2.45, 2.75) is 65.2 Å². The Morgan fingerprint density at radius 1 is 0.950 bits per heavy atom. The van der Waals surface area contributed by atoms with Gasteiger partial charge in [-0.15, -0.1) is 0 Å². The lowest BCUT2D eigenvalue weighted by atomic mass is 10.4. The Bertz CT molecular complexity index is 303. The molecule has 0 aromatic heterocycles. The van der Waals surface area contributed by atoms with E-state index in [0.29, 0.717) is 18.8 Å². The van der Waals surface area contributed by atoms with Crippen LogP contribution in [-0.2, 0) is 13.0 Å². The van der Waals surface area contributed by atoms with Gasteiger partial charge in [-0.3, -0.25) is 0 Å². The SMILES string of the molecule is C=C(C)COCC(C)[Si](C)(O[Si](C)(C)C)O[Si](C)(C)C. The van der Waals surface area contributed by atoms with Crippen LogP contribution in [0.4, 0.5) is 0 Å². The molecule has 3 nitrogen and oxygen atoms in total. The predicted octanol–water partition coefficient (Wildman–Crippen LogP) is 4.74. The summed E-state index contributed by atoms with van der Waals surface area (Å²) in [5.74, 6) is 0. The molecule has 0 aliphatic heterocycles. The van der Waals surface area contributed by atoms with E-state index in [4.69, 9.17) is 13.0 Å². The van der Waals surface area contributed by atoms with Crippen LogP contribution in [0.1, 0.15) is 13.8 Å². The van der Waals surface area contributed by atoms with Crippen molar-refractivity contribution in [2.24, 2.45) is 0 Å². The molecular formula is C14H34O3Si3. The molecule has 0 radical (unpaired) electrons. The normalized spacial score (nSPS) is 15.2. The van der Waals surface area contributed by atoms with Gasteiger partial charge >= 0.3 is 8.56 Å². The molecule has 0 aliphatic carbocycles. The van der Waals surface area contributed by atoms with Gasteiger partial charge in [0, 0.05) is 5.54 Å². The first-order chi connectivity index (χ1) is 8.75. The molecule has 0 bridgehead atoms. The Morgan fingerprint density at radius 2 is 1.35 bits per heavy atom. The van der Waals surface area contributed by atoms with Crippen LogP contribution in [0.5, 0.6) is 0 Å². The Balaban J connectivity index is 4.86. The zero-order valence-corrected chi connectivity index (χ0v) is 17.9. The second kappa shape index (κ2) is 7.51. The van der Waals surface area contributed by atoms with E-state index < -0.39 is 25.2 Å². The van der Waals surface area contributed by atoms with E-state index in [-0.39, 0.29) is 0 Å². The molecule has 0 aromatic rings. The predicted molar refractivity (Wildman–Crippen MR) is 95.5 cm³/mol. The zero-order valence-electron chi connectivity index (χ0n) is 14.9. The van der Waals surface area contributed by atoms with Crippen LogP contribution >= 0.6 is 0 Å². The molecule has 0 aliphatic rings. The highest BCUT2D eigenvalue weighted by Gasteiger charge is 2.44. The lowest BCUT2D eigenvalue weighted by Crippen LogP contribution is -2.55. The smallest absolute Gasteiger partial charge is 0.319 e. The molecule has 0 N–H and O–H groups in total. The summed E-state index contributed by atoms with van der Waals surface area (Å²) in [6.07, 6.45) is 0. The molecule has 0 aromatic carbocycles. The molecule has 20 heavy (non-hydrogen) atoms. The van der Waals surface area contributed by atoms with E-state index in [0.717, 1.165) is 5.57 Å². The first kappa shape index (κ1) is 20.3. The summed E-state index contributed by atoms with van der Waals surface area (Å²) in [6, 6.07) is 0. The number of rotatable bonds is 9. The maximum absolute atomic E-state index is 6.51. The second-order valence-corrected chi connectivity index (χ2v) is 20.9. The van der Waals surface area contributed by atoms with Crippen molar-refractivity contribution in [3.63, 3.8) is 0 Å². The van der Waals surface area contributed by atoms with Crippen LogP contribution in [-0.4, -0.2) is 38.4 Å². The standard InChI is InChI=1S/C14H34O3Si3/c1-13(2)11-15-12-14(3)20(10,16-18(4,5)6)17-19(7,8)9/h14H,1,11-12H2,2-10H3. The van der Waals surface area contributed by atoms with Crippen molar-refractivity contribution in [1.82, 2.24) is 0 Å². The Hall–Kier alpha value is 0.271. The minimum Gasteiger partial charge on any atom is -0.436 e. The van der Waals surface area contributed by atoms with E-state index in [1.54, 1.807) is 0 Å². The van der Waals surface area contributed by atoms with Crippen molar-refractivity contribution >= 4 is 25.2 Å². The Kier molecular flexibility index (Phi) is 7.61. The Labute approximate surface area is 129 Å². The molecule has 1 unspecified atom stereocenters. The van der Waals surface area contributed by atoms with Crippen LogP contribution < -0.4 is 0 Å². The van der Waals surface area contributed by atoms with Crippen molar-refractivity contribution in [2.75, 3.05) is 13.2 Å². The average Bonchev–Trinajstić information content (AvgIpc) is 2.10. The fourth-order valence-electron chi connectivity index (χ4n) is 2.00. The van der Waals surface area contributed by atoms with Gasteiger partial charge in [0.25, 0.3) is 0 Å². The van der Waals surface area contributed by atoms with Gasteiger partial charge in [-0.1, -0.05) is 19.1 Å². The third kappa shape index (κ3) is 9.25. The average molecular weight is 335 g/mol. The summed E-state index contributed by atoms with van der Waals surface area (Å²) in [7, 11) is -5.49. The van der Waals surface area contributed by atoms with E-state index in [1.807, 2.05) is 6.92 Å². The molecule has 0 saturated heterocycles. The van der Waals surface area contributed by atoms with Crippen LogP contribution in [0.25, 0.3) is 0 Å². The lowest BCUT2D eigenvalue weighted by Gasteiger charge is -2.41. The quantitative estimate of drug-likeness (QED) is 0.450. The van der Waals surface area contributed by atoms with Crippen molar-refractivity contribution in [3.05, 3.63) is 12.2 Å². The molecule has 6 heteroatoms. The number of ether oxygens (including phenoxy) is 1. The van der Waals surface area contributed by atoms with Gasteiger partial charge < -0.3 is 13.0 Å². The largest absolute Gasteiger partial charge is 0.436 e. The topological polar surface area (TPSA) is 27.7 Å². The monoisotopic (exact) mass is 334 g/mol. The summed E-state index contributed by atoms with van der Waals surface area (Å²) in [4.78, 5) is 0. The maximum Gasteiger partial charge on any atom is 0.319 e. The second-order valence-electron chi connectivity index (χ2n) is 7.82.